The molecule has 5 rings (SSSR count). The Kier molecular flexibility index (Phi) is 4.30. The molecule has 4 heterocycles. The fraction of sp³-hybridized carbons (Fsp3) is 0.429. The van der Waals surface area contributed by atoms with Gasteiger partial charge in [-0.15, -0.1) is 0 Å². The number of rotatable bonds is 3. The summed E-state index contributed by atoms with van der Waals surface area (Å²) in [6.45, 7) is 3.70. The summed E-state index contributed by atoms with van der Waals surface area (Å²) in [6.07, 6.45) is 6.31. The van der Waals surface area contributed by atoms with E-state index in [1.165, 1.54) is 5.56 Å². The summed E-state index contributed by atoms with van der Waals surface area (Å²) >= 11 is 0. The highest BCUT2D eigenvalue weighted by molar-refractivity contribution is 5.79. The predicted molar refractivity (Wildman–Crippen MR) is 104 cm³/mol. The van der Waals surface area contributed by atoms with Crippen LogP contribution in [0.2, 0.25) is 0 Å². The third kappa shape index (κ3) is 2.78. The molecule has 28 heavy (non-hydrogen) atoms. The third-order valence-electron chi connectivity index (χ3n) is 6.05. The second-order valence-corrected chi connectivity index (χ2v) is 7.73. The van der Waals surface area contributed by atoms with Crippen molar-refractivity contribution < 1.29 is 14.9 Å². The van der Waals surface area contributed by atoms with Gasteiger partial charge in [0, 0.05) is 42.5 Å². The lowest BCUT2D eigenvalue weighted by Crippen LogP contribution is -2.35. The number of nitrogens with one attached hydrogen (secondary N) is 1. The normalized spacial score (nSPS) is 27.1. The minimum Gasteiger partial charge on any atom is -0.486 e. The van der Waals surface area contributed by atoms with Crippen LogP contribution in [0.15, 0.2) is 36.9 Å². The van der Waals surface area contributed by atoms with Crippen molar-refractivity contribution >= 4 is 11.0 Å². The molecule has 0 amide bonds. The van der Waals surface area contributed by atoms with Gasteiger partial charge in [-0.3, -0.25) is 4.98 Å². The Morgan fingerprint density at radius 3 is 3.00 bits per heavy atom. The lowest BCUT2D eigenvalue weighted by molar-refractivity contribution is -0.0167. The molecule has 3 aromatic heterocycles. The summed E-state index contributed by atoms with van der Waals surface area (Å²) in [7, 11) is 0. The van der Waals surface area contributed by atoms with Gasteiger partial charge in [-0.25, -0.2) is 4.98 Å². The number of aromatic nitrogens is 3. The highest BCUT2D eigenvalue weighted by Gasteiger charge is 2.44. The first kappa shape index (κ1) is 17.6. The van der Waals surface area contributed by atoms with Crippen molar-refractivity contribution in [3.63, 3.8) is 0 Å². The molecule has 0 spiro atoms. The average Bonchev–Trinajstić information content (AvgIpc) is 3.26. The summed E-state index contributed by atoms with van der Waals surface area (Å²) in [6, 6.07) is 3.68. The Labute approximate surface area is 163 Å². The largest absolute Gasteiger partial charge is 0.486 e. The van der Waals surface area contributed by atoms with Crippen LogP contribution in [0.1, 0.15) is 29.2 Å². The van der Waals surface area contributed by atoms with Gasteiger partial charge in [0.25, 0.3) is 0 Å². The van der Waals surface area contributed by atoms with Crippen molar-refractivity contribution in [2.45, 2.75) is 50.7 Å². The quantitative estimate of drug-likeness (QED) is 0.638. The molecule has 7 heteroatoms. The zero-order valence-electron chi connectivity index (χ0n) is 15.7. The van der Waals surface area contributed by atoms with Crippen LogP contribution in [0.5, 0.6) is 5.75 Å². The fourth-order valence-electron chi connectivity index (χ4n) is 4.45. The van der Waals surface area contributed by atoms with Crippen LogP contribution < -0.4 is 10.1 Å². The number of aliphatic hydroxyl groups is 2. The predicted octanol–water partition coefficient (Wildman–Crippen LogP) is 1.50. The van der Waals surface area contributed by atoms with Crippen molar-refractivity contribution in [2.75, 3.05) is 6.54 Å². The van der Waals surface area contributed by atoms with Gasteiger partial charge in [0.2, 0.25) is 0 Å². The number of fused-ring (bicyclic) bond motifs is 2. The first-order valence-electron chi connectivity index (χ1n) is 9.75. The second-order valence-electron chi connectivity index (χ2n) is 7.73. The zero-order valence-corrected chi connectivity index (χ0v) is 15.7. The van der Waals surface area contributed by atoms with E-state index < -0.39 is 18.3 Å². The molecule has 0 radical (unpaired) electrons. The van der Waals surface area contributed by atoms with Crippen molar-refractivity contribution in [2.24, 2.45) is 0 Å². The SMILES string of the molecule is Cc1ccnc2c1ccn2C1CC(Oc2cncc3c2CNCC3)C(O)C1O. The van der Waals surface area contributed by atoms with Gasteiger partial charge < -0.3 is 24.8 Å². The van der Waals surface area contributed by atoms with Gasteiger partial charge in [-0.05, 0) is 43.1 Å². The molecule has 3 aromatic rings. The molecule has 146 valence electrons. The van der Waals surface area contributed by atoms with E-state index in [0.717, 1.165) is 41.7 Å². The molecule has 4 unspecified atom stereocenters. The second kappa shape index (κ2) is 6.84. The first-order chi connectivity index (χ1) is 13.6. The maximum Gasteiger partial charge on any atom is 0.142 e. The van der Waals surface area contributed by atoms with E-state index in [1.807, 2.05) is 36.0 Å². The number of aryl methyl sites for hydroxylation is 1. The van der Waals surface area contributed by atoms with Crippen LogP contribution in [0.25, 0.3) is 11.0 Å². The first-order valence-corrected chi connectivity index (χ1v) is 9.75. The van der Waals surface area contributed by atoms with Gasteiger partial charge in [0.1, 0.15) is 29.7 Å². The summed E-state index contributed by atoms with van der Waals surface area (Å²) in [5, 5.41) is 25.8. The van der Waals surface area contributed by atoms with Gasteiger partial charge in [-0.2, -0.15) is 0 Å². The van der Waals surface area contributed by atoms with Crippen molar-refractivity contribution in [3.05, 3.63) is 53.6 Å². The highest BCUT2D eigenvalue weighted by Crippen LogP contribution is 2.37. The van der Waals surface area contributed by atoms with Crippen molar-refractivity contribution in [1.82, 2.24) is 19.9 Å². The van der Waals surface area contributed by atoms with Crippen LogP contribution in [0.4, 0.5) is 0 Å². The molecule has 0 saturated heterocycles. The molecule has 0 bridgehead atoms. The van der Waals surface area contributed by atoms with Crippen LogP contribution in [-0.4, -0.2) is 49.6 Å². The average molecular weight is 380 g/mol. The Hall–Kier alpha value is -2.48. The Balaban J connectivity index is 1.43. The monoisotopic (exact) mass is 380 g/mol. The van der Waals surface area contributed by atoms with E-state index in [-0.39, 0.29) is 6.04 Å². The maximum atomic E-state index is 10.7. The van der Waals surface area contributed by atoms with E-state index >= 15 is 0 Å². The lowest BCUT2D eigenvalue weighted by atomic mass is 10.0. The maximum absolute atomic E-state index is 10.7. The topological polar surface area (TPSA) is 92.4 Å². The molecule has 1 aliphatic carbocycles. The van der Waals surface area contributed by atoms with Crippen molar-refractivity contribution in [3.8, 4) is 5.75 Å². The van der Waals surface area contributed by atoms with E-state index in [1.54, 1.807) is 12.4 Å². The Morgan fingerprint density at radius 2 is 2.11 bits per heavy atom. The summed E-state index contributed by atoms with van der Waals surface area (Å²) in [5.41, 5.74) is 4.23. The summed E-state index contributed by atoms with van der Waals surface area (Å²) in [4.78, 5) is 8.78. The minimum absolute atomic E-state index is 0.294. The molecule has 0 aromatic carbocycles. The van der Waals surface area contributed by atoms with Crippen LogP contribution in [0.3, 0.4) is 0 Å². The van der Waals surface area contributed by atoms with Gasteiger partial charge in [-0.1, -0.05) is 0 Å². The number of hydrogen-bond acceptors (Lipinski definition) is 6. The molecule has 2 aliphatic rings. The number of ether oxygens (including phenoxy) is 1. The van der Waals surface area contributed by atoms with Crippen LogP contribution >= 0.6 is 0 Å². The number of pyridine rings is 2. The van der Waals surface area contributed by atoms with E-state index in [9.17, 15) is 10.2 Å². The number of nitrogens with zero attached hydrogens (tertiary/aromatic N) is 3. The molecular weight excluding hydrogens is 356 g/mol. The van der Waals surface area contributed by atoms with Crippen LogP contribution in [0, 0.1) is 6.92 Å². The molecule has 3 N–H and O–H groups in total. The molecule has 1 saturated carbocycles. The van der Waals surface area contributed by atoms with Crippen LogP contribution in [-0.2, 0) is 13.0 Å². The fourth-order valence-corrected chi connectivity index (χ4v) is 4.45. The van der Waals surface area contributed by atoms with E-state index in [4.69, 9.17) is 4.74 Å². The van der Waals surface area contributed by atoms with Gasteiger partial charge in [0.05, 0.1) is 12.2 Å². The molecular formula is C21H24N4O3. The summed E-state index contributed by atoms with van der Waals surface area (Å²) < 4.78 is 8.13. The lowest BCUT2D eigenvalue weighted by Gasteiger charge is -2.23. The Bertz CT molecular complexity index is 1020. The van der Waals surface area contributed by atoms with E-state index in [2.05, 4.69) is 15.3 Å². The van der Waals surface area contributed by atoms with Gasteiger partial charge >= 0.3 is 0 Å². The van der Waals surface area contributed by atoms with E-state index in [0.29, 0.717) is 12.2 Å². The highest BCUT2D eigenvalue weighted by atomic mass is 16.5. The van der Waals surface area contributed by atoms with Crippen molar-refractivity contribution in [1.29, 1.82) is 0 Å². The Morgan fingerprint density at radius 1 is 1.21 bits per heavy atom. The third-order valence-corrected chi connectivity index (χ3v) is 6.05. The standard InChI is InChI=1S/C21H24N4O3/c1-12-2-6-24-21-14(12)4-7-25(21)16-8-17(20(27)19(16)26)28-18-11-23-9-13-3-5-22-10-15(13)18/h2,4,6-7,9,11,16-17,19-20,22,26-27H,3,5,8,10H2,1H3. The number of aliphatic hydroxyl groups excluding tert-OH is 2. The summed E-state index contributed by atoms with van der Waals surface area (Å²) in [5.74, 6) is 0.688. The minimum atomic E-state index is -0.973. The van der Waals surface area contributed by atoms with Gasteiger partial charge in [0.15, 0.2) is 0 Å². The smallest absolute Gasteiger partial charge is 0.142 e. The zero-order chi connectivity index (χ0) is 19.3. The molecule has 7 nitrogen and oxygen atoms in total. The molecule has 1 fully saturated rings. The molecule has 4 atom stereocenters. The number of hydrogen-bond donors (Lipinski definition) is 3. The molecule has 1 aliphatic heterocycles.